The molecule has 3 nitrogen and oxygen atoms in total. The van der Waals surface area contributed by atoms with Crippen LogP contribution in [0.3, 0.4) is 0 Å². The molecule has 18 heavy (non-hydrogen) atoms. The minimum atomic E-state index is 0.414. The van der Waals surface area contributed by atoms with Crippen LogP contribution >= 0.6 is 22.9 Å². The summed E-state index contributed by atoms with van der Waals surface area (Å²) in [5.74, 6) is 0.840. The van der Waals surface area contributed by atoms with Crippen LogP contribution in [-0.2, 0) is 6.54 Å². The zero-order valence-corrected chi connectivity index (χ0v) is 12.2. The Morgan fingerprint density at radius 2 is 2.28 bits per heavy atom. The summed E-state index contributed by atoms with van der Waals surface area (Å²) in [5, 5.41) is 3.55. The molecule has 1 fully saturated rings. The van der Waals surface area contributed by atoms with Gasteiger partial charge in [0.2, 0.25) is 0 Å². The number of fused-ring (bicyclic) bond motifs is 1. The number of rotatable bonds is 2. The minimum absolute atomic E-state index is 0.414. The third kappa shape index (κ3) is 2.37. The first-order valence-electron chi connectivity index (χ1n) is 6.15. The van der Waals surface area contributed by atoms with Crippen LogP contribution in [0.2, 0.25) is 5.15 Å². The summed E-state index contributed by atoms with van der Waals surface area (Å²) in [6, 6.07) is 1.98. The molecule has 3 heterocycles. The van der Waals surface area contributed by atoms with Crippen molar-refractivity contribution < 1.29 is 0 Å². The average Bonchev–Trinajstić information content (AvgIpc) is 2.85. The Morgan fingerprint density at radius 3 is 3.00 bits per heavy atom. The van der Waals surface area contributed by atoms with Crippen LogP contribution in [0, 0.1) is 5.41 Å². The lowest BCUT2D eigenvalue weighted by atomic mass is 9.93. The molecule has 0 aliphatic carbocycles. The number of likely N-dealkylation sites (tertiary alicyclic amines) is 1. The van der Waals surface area contributed by atoms with Gasteiger partial charge in [-0.1, -0.05) is 25.4 Å². The topological polar surface area (TPSA) is 29.0 Å². The molecule has 0 N–H and O–H groups in total. The quantitative estimate of drug-likeness (QED) is 0.788. The predicted molar refractivity (Wildman–Crippen MR) is 76.1 cm³/mol. The molecule has 0 unspecified atom stereocenters. The van der Waals surface area contributed by atoms with Gasteiger partial charge in [-0.15, -0.1) is 11.3 Å². The first-order valence-corrected chi connectivity index (χ1v) is 7.41. The van der Waals surface area contributed by atoms with Crippen molar-refractivity contribution in [3.8, 4) is 0 Å². The Bertz CT molecular complexity index is 579. The molecule has 0 spiro atoms. The fourth-order valence-electron chi connectivity index (χ4n) is 2.49. The van der Waals surface area contributed by atoms with Crippen LogP contribution in [-0.4, -0.2) is 28.0 Å². The van der Waals surface area contributed by atoms with Crippen molar-refractivity contribution in [1.82, 2.24) is 14.9 Å². The van der Waals surface area contributed by atoms with E-state index < -0.39 is 0 Å². The third-order valence-electron chi connectivity index (χ3n) is 3.45. The molecule has 1 saturated heterocycles. The number of hydrogen-bond donors (Lipinski definition) is 0. The van der Waals surface area contributed by atoms with Crippen LogP contribution in [0.4, 0.5) is 0 Å². The van der Waals surface area contributed by atoms with Gasteiger partial charge in [-0.05, 0) is 29.8 Å². The zero-order valence-electron chi connectivity index (χ0n) is 10.6. The van der Waals surface area contributed by atoms with E-state index in [2.05, 4.69) is 28.7 Å². The molecule has 1 aliphatic rings. The maximum atomic E-state index is 6.18. The van der Waals surface area contributed by atoms with Crippen LogP contribution in [0.25, 0.3) is 10.2 Å². The van der Waals surface area contributed by atoms with Crippen molar-refractivity contribution in [2.45, 2.75) is 26.8 Å². The number of aromatic nitrogens is 2. The van der Waals surface area contributed by atoms with Gasteiger partial charge in [-0.2, -0.15) is 0 Å². The monoisotopic (exact) mass is 281 g/mol. The summed E-state index contributed by atoms with van der Waals surface area (Å²) < 4.78 is 0. The summed E-state index contributed by atoms with van der Waals surface area (Å²) >= 11 is 7.80. The van der Waals surface area contributed by atoms with Crippen molar-refractivity contribution in [1.29, 1.82) is 0 Å². The van der Waals surface area contributed by atoms with Crippen LogP contribution < -0.4 is 0 Å². The van der Waals surface area contributed by atoms with Gasteiger partial charge < -0.3 is 0 Å². The predicted octanol–water partition coefficient (Wildman–Crippen LogP) is 3.58. The molecule has 2 aromatic rings. The Labute approximate surface area is 116 Å². The van der Waals surface area contributed by atoms with Gasteiger partial charge in [-0.3, -0.25) is 4.90 Å². The fourth-order valence-corrected chi connectivity index (χ4v) is 3.58. The van der Waals surface area contributed by atoms with Gasteiger partial charge in [0.05, 0.1) is 6.54 Å². The third-order valence-corrected chi connectivity index (χ3v) is 4.54. The van der Waals surface area contributed by atoms with Crippen molar-refractivity contribution >= 4 is 33.2 Å². The molecule has 0 bridgehead atoms. The molecular weight excluding hydrogens is 266 g/mol. The highest BCUT2D eigenvalue weighted by Gasteiger charge is 2.29. The minimum Gasteiger partial charge on any atom is -0.295 e. The van der Waals surface area contributed by atoms with E-state index in [0.29, 0.717) is 10.6 Å². The molecule has 5 heteroatoms. The van der Waals surface area contributed by atoms with E-state index in [0.717, 1.165) is 35.7 Å². The Hall–Kier alpha value is -0.710. The summed E-state index contributed by atoms with van der Waals surface area (Å²) in [5.41, 5.74) is 0.414. The molecule has 0 saturated carbocycles. The summed E-state index contributed by atoms with van der Waals surface area (Å²) in [6.07, 6.45) is 1.24. The van der Waals surface area contributed by atoms with Gasteiger partial charge in [0.15, 0.2) is 0 Å². The van der Waals surface area contributed by atoms with E-state index in [1.54, 1.807) is 11.3 Å². The molecular formula is C13H16ClN3S. The van der Waals surface area contributed by atoms with E-state index >= 15 is 0 Å². The molecule has 3 rings (SSSR count). The van der Waals surface area contributed by atoms with Gasteiger partial charge >= 0.3 is 0 Å². The van der Waals surface area contributed by atoms with Gasteiger partial charge in [0, 0.05) is 11.9 Å². The fraction of sp³-hybridized carbons (Fsp3) is 0.538. The molecule has 0 aromatic carbocycles. The van der Waals surface area contributed by atoms with Gasteiger partial charge in [-0.25, -0.2) is 9.97 Å². The molecule has 1 aliphatic heterocycles. The van der Waals surface area contributed by atoms with Gasteiger partial charge in [0.25, 0.3) is 0 Å². The van der Waals surface area contributed by atoms with Crippen LogP contribution in [0.1, 0.15) is 26.1 Å². The highest BCUT2D eigenvalue weighted by Crippen LogP contribution is 2.30. The summed E-state index contributed by atoms with van der Waals surface area (Å²) in [7, 11) is 0. The molecule has 0 amide bonds. The lowest BCUT2D eigenvalue weighted by Gasteiger charge is -2.18. The Kier molecular flexibility index (Phi) is 3.04. The number of nitrogens with zero attached hydrogens (tertiary/aromatic N) is 3. The first-order chi connectivity index (χ1) is 8.53. The summed E-state index contributed by atoms with van der Waals surface area (Å²) in [6.45, 7) is 7.65. The standard InChI is InChI=1S/C13H16ClN3S/c1-13(2)4-5-17(8-13)7-10-15-11(14)9-3-6-18-12(9)16-10/h3,6H,4-5,7-8H2,1-2H3. The van der Waals surface area contributed by atoms with Crippen molar-refractivity contribution in [2.24, 2.45) is 5.41 Å². The van der Waals surface area contributed by atoms with Crippen molar-refractivity contribution in [3.63, 3.8) is 0 Å². The zero-order chi connectivity index (χ0) is 12.8. The maximum absolute atomic E-state index is 6.18. The highest BCUT2D eigenvalue weighted by molar-refractivity contribution is 7.16. The second-order valence-electron chi connectivity index (χ2n) is 5.69. The summed E-state index contributed by atoms with van der Waals surface area (Å²) in [4.78, 5) is 12.4. The van der Waals surface area contributed by atoms with E-state index in [1.165, 1.54) is 6.42 Å². The van der Waals surface area contributed by atoms with Crippen molar-refractivity contribution in [3.05, 3.63) is 22.4 Å². The Morgan fingerprint density at radius 1 is 1.44 bits per heavy atom. The lowest BCUT2D eigenvalue weighted by Crippen LogP contribution is -2.23. The molecule has 2 aromatic heterocycles. The van der Waals surface area contributed by atoms with E-state index in [-0.39, 0.29) is 0 Å². The maximum Gasteiger partial charge on any atom is 0.145 e. The van der Waals surface area contributed by atoms with E-state index in [9.17, 15) is 0 Å². The molecule has 0 radical (unpaired) electrons. The first kappa shape index (κ1) is 12.3. The SMILES string of the molecule is CC1(C)CCN(Cc2nc(Cl)c3ccsc3n2)C1. The van der Waals surface area contributed by atoms with Gasteiger partial charge in [0.1, 0.15) is 15.8 Å². The number of halogens is 1. The average molecular weight is 282 g/mol. The second-order valence-corrected chi connectivity index (χ2v) is 6.95. The Balaban J connectivity index is 1.83. The molecule has 96 valence electrons. The number of thiophene rings is 1. The highest BCUT2D eigenvalue weighted by atomic mass is 35.5. The van der Waals surface area contributed by atoms with Crippen LogP contribution in [0.15, 0.2) is 11.4 Å². The molecule has 0 atom stereocenters. The number of hydrogen-bond acceptors (Lipinski definition) is 4. The van der Waals surface area contributed by atoms with Crippen molar-refractivity contribution in [2.75, 3.05) is 13.1 Å². The largest absolute Gasteiger partial charge is 0.295 e. The second kappa shape index (κ2) is 4.44. The van der Waals surface area contributed by atoms with E-state index in [1.807, 2.05) is 11.4 Å². The van der Waals surface area contributed by atoms with E-state index in [4.69, 9.17) is 11.6 Å². The van der Waals surface area contributed by atoms with Crippen LogP contribution in [0.5, 0.6) is 0 Å². The normalized spacial score (nSPS) is 19.7. The smallest absolute Gasteiger partial charge is 0.145 e. The lowest BCUT2D eigenvalue weighted by molar-refractivity contribution is 0.279.